The fourth-order valence-corrected chi connectivity index (χ4v) is 4.77. The maximum atomic E-state index is 14.1. The first kappa shape index (κ1) is 18.7. The molecule has 1 aliphatic heterocycles. The van der Waals surface area contributed by atoms with Gasteiger partial charge in [-0.2, -0.15) is 0 Å². The van der Waals surface area contributed by atoms with E-state index < -0.39 is 5.41 Å². The van der Waals surface area contributed by atoms with Gasteiger partial charge in [0.25, 0.3) is 0 Å². The second-order valence-corrected chi connectivity index (χ2v) is 8.52. The first-order chi connectivity index (χ1) is 13.4. The molecule has 28 heavy (non-hydrogen) atoms. The molecular weight excluding hydrogens is 346 g/mol. The predicted molar refractivity (Wildman–Crippen MR) is 115 cm³/mol. The summed E-state index contributed by atoms with van der Waals surface area (Å²) in [4.78, 5) is 20.5. The summed E-state index contributed by atoms with van der Waals surface area (Å²) >= 11 is 0. The van der Waals surface area contributed by atoms with E-state index in [2.05, 4.69) is 37.7 Å². The molecular formula is C24H29N3O. The maximum absolute atomic E-state index is 14.1. The lowest BCUT2D eigenvalue weighted by molar-refractivity contribution is -0.131. The molecule has 0 spiro atoms. The fourth-order valence-electron chi connectivity index (χ4n) is 4.77. The Kier molecular flexibility index (Phi) is 4.74. The van der Waals surface area contributed by atoms with Gasteiger partial charge >= 0.3 is 0 Å². The van der Waals surface area contributed by atoms with Crippen LogP contribution in [-0.2, 0) is 11.3 Å². The van der Waals surface area contributed by atoms with Crippen LogP contribution in [0.4, 0.5) is 17.2 Å². The lowest BCUT2D eigenvalue weighted by Gasteiger charge is -2.45. The van der Waals surface area contributed by atoms with E-state index in [9.17, 15) is 4.79 Å². The summed E-state index contributed by atoms with van der Waals surface area (Å²) in [6, 6.07) is 12.0. The Morgan fingerprint density at radius 2 is 2.11 bits per heavy atom. The van der Waals surface area contributed by atoms with Crippen molar-refractivity contribution in [3.63, 3.8) is 0 Å². The minimum absolute atomic E-state index is 0.166. The number of benzene rings is 1. The molecule has 0 radical (unpaired) electrons. The molecule has 1 aromatic heterocycles. The third-order valence-corrected chi connectivity index (χ3v) is 6.81. The van der Waals surface area contributed by atoms with E-state index >= 15 is 0 Å². The highest BCUT2D eigenvalue weighted by molar-refractivity contribution is 6.01. The topological polar surface area (TPSA) is 45.2 Å². The first-order valence-electron chi connectivity index (χ1n) is 10.2. The van der Waals surface area contributed by atoms with Crippen molar-refractivity contribution < 1.29 is 4.79 Å². The molecule has 1 fully saturated rings. The van der Waals surface area contributed by atoms with Crippen LogP contribution >= 0.6 is 0 Å². The zero-order valence-corrected chi connectivity index (χ0v) is 17.0. The maximum Gasteiger partial charge on any atom is 0.233 e. The van der Waals surface area contributed by atoms with Gasteiger partial charge < -0.3 is 10.2 Å². The van der Waals surface area contributed by atoms with Crippen LogP contribution in [0.3, 0.4) is 0 Å². The number of anilines is 3. The van der Waals surface area contributed by atoms with Gasteiger partial charge in [0, 0.05) is 11.8 Å². The third kappa shape index (κ3) is 3.01. The van der Waals surface area contributed by atoms with Crippen LogP contribution in [0.15, 0.2) is 54.7 Å². The minimum atomic E-state index is -0.449. The van der Waals surface area contributed by atoms with Crippen molar-refractivity contribution in [2.75, 3.05) is 10.2 Å². The molecule has 146 valence electrons. The summed E-state index contributed by atoms with van der Waals surface area (Å²) in [5, 5.41) is 3.42. The van der Waals surface area contributed by atoms with Crippen LogP contribution in [-0.4, -0.2) is 10.9 Å². The number of rotatable bonds is 2. The van der Waals surface area contributed by atoms with Crippen molar-refractivity contribution in [3.8, 4) is 0 Å². The van der Waals surface area contributed by atoms with E-state index in [0.29, 0.717) is 12.5 Å². The molecule has 1 aliphatic carbocycles. The molecule has 3 atom stereocenters. The number of hydrogen-bond donors (Lipinski definition) is 1. The number of aromatic nitrogens is 1. The van der Waals surface area contributed by atoms with Crippen LogP contribution in [0, 0.1) is 17.3 Å². The summed E-state index contributed by atoms with van der Waals surface area (Å²) < 4.78 is 0. The number of allylic oxidation sites excluding steroid dienone is 1. The highest BCUT2D eigenvalue weighted by atomic mass is 16.2. The van der Waals surface area contributed by atoms with Gasteiger partial charge in [-0.3, -0.25) is 4.79 Å². The van der Waals surface area contributed by atoms with Crippen molar-refractivity contribution in [1.29, 1.82) is 0 Å². The Bertz CT molecular complexity index is 922. The zero-order valence-electron chi connectivity index (χ0n) is 17.0. The largest absolute Gasteiger partial charge is 0.338 e. The van der Waals surface area contributed by atoms with Crippen molar-refractivity contribution in [3.05, 3.63) is 60.3 Å². The fraction of sp³-hybridized carbons (Fsp3) is 0.417. The second-order valence-electron chi connectivity index (χ2n) is 8.52. The Labute approximate surface area is 167 Å². The SMILES string of the molecule is C=C1C[C@H](CC)C[C@@](C)(C(=O)N2Cc3cccnc3Nc3ccccc32)[C@@H]1C. The molecule has 1 saturated carbocycles. The molecule has 4 nitrogen and oxygen atoms in total. The van der Waals surface area contributed by atoms with Gasteiger partial charge in [-0.05, 0) is 42.9 Å². The summed E-state index contributed by atoms with van der Waals surface area (Å²) in [6.07, 6.45) is 4.81. The highest BCUT2D eigenvalue weighted by Crippen LogP contribution is 2.49. The van der Waals surface area contributed by atoms with E-state index in [4.69, 9.17) is 0 Å². The van der Waals surface area contributed by atoms with Crippen LogP contribution in [0.2, 0.25) is 0 Å². The van der Waals surface area contributed by atoms with E-state index in [-0.39, 0.29) is 11.8 Å². The number of amides is 1. The lowest BCUT2D eigenvalue weighted by atomic mass is 9.61. The van der Waals surface area contributed by atoms with Crippen LogP contribution in [0.5, 0.6) is 0 Å². The van der Waals surface area contributed by atoms with Gasteiger partial charge in [0.2, 0.25) is 5.91 Å². The van der Waals surface area contributed by atoms with Crippen molar-refractivity contribution >= 4 is 23.1 Å². The number of para-hydroxylation sites is 2. The molecule has 2 aliphatic rings. The molecule has 1 N–H and O–H groups in total. The van der Waals surface area contributed by atoms with Gasteiger partial charge in [0.15, 0.2) is 0 Å². The molecule has 0 saturated heterocycles. The third-order valence-electron chi connectivity index (χ3n) is 6.81. The molecule has 1 amide bonds. The average Bonchev–Trinajstić information content (AvgIpc) is 2.87. The summed E-state index contributed by atoms with van der Waals surface area (Å²) in [6.45, 7) is 11.4. The quantitative estimate of drug-likeness (QED) is 0.686. The normalized spacial score (nSPS) is 26.7. The Hall–Kier alpha value is -2.62. The number of nitrogens with one attached hydrogen (secondary N) is 1. The standard InChI is InChI=1S/C24H29N3O/c1-5-18-13-16(2)17(3)24(4,14-18)23(28)27-15-19-9-8-12-25-22(19)26-20-10-6-7-11-21(20)27/h6-12,17-18H,2,5,13-15H2,1,3-4H3,(H,25,26)/t17-,18+,24-/m1/s1. The van der Waals surface area contributed by atoms with Gasteiger partial charge in [-0.25, -0.2) is 4.98 Å². The van der Waals surface area contributed by atoms with E-state index in [1.807, 2.05) is 41.3 Å². The molecule has 2 heterocycles. The number of nitrogens with zero attached hydrogens (tertiary/aromatic N) is 2. The van der Waals surface area contributed by atoms with E-state index in [0.717, 1.165) is 42.0 Å². The molecule has 0 bridgehead atoms. The number of carbonyl (C=O) groups is 1. The smallest absolute Gasteiger partial charge is 0.233 e. The molecule has 4 heteroatoms. The van der Waals surface area contributed by atoms with Crippen LogP contribution < -0.4 is 10.2 Å². The number of fused-ring (bicyclic) bond motifs is 2. The van der Waals surface area contributed by atoms with Crippen molar-refractivity contribution in [2.45, 2.75) is 46.6 Å². The average molecular weight is 376 g/mol. The minimum Gasteiger partial charge on any atom is -0.338 e. The van der Waals surface area contributed by atoms with E-state index in [1.54, 1.807) is 6.20 Å². The van der Waals surface area contributed by atoms with Crippen LogP contribution in [0.25, 0.3) is 0 Å². The molecule has 1 aromatic carbocycles. The molecule has 4 rings (SSSR count). The summed E-state index contributed by atoms with van der Waals surface area (Å²) in [5.41, 5.74) is 3.63. The number of pyridine rings is 1. The van der Waals surface area contributed by atoms with Crippen molar-refractivity contribution in [2.24, 2.45) is 17.3 Å². The Morgan fingerprint density at radius 3 is 2.89 bits per heavy atom. The highest BCUT2D eigenvalue weighted by Gasteiger charge is 2.47. The van der Waals surface area contributed by atoms with Gasteiger partial charge in [0.05, 0.1) is 23.3 Å². The number of hydrogen-bond acceptors (Lipinski definition) is 3. The number of carbonyl (C=O) groups excluding carboxylic acids is 1. The first-order valence-corrected chi connectivity index (χ1v) is 10.2. The summed E-state index contributed by atoms with van der Waals surface area (Å²) in [5.74, 6) is 1.69. The predicted octanol–water partition coefficient (Wildman–Crippen LogP) is 5.69. The van der Waals surface area contributed by atoms with Gasteiger partial charge in [-0.1, -0.05) is 57.5 Å². The molecule has 0 unspecified atom stereocenters. The van der Waals surface area contributed by atoms with Crippen molar-refractivity contribution in [1.82, 2.24) is 4.98 Å². The van der Waals surface area contributed by atoms with E-state index in [1.165, 1.54) is 5.57 Å². The van der Waals surface area contributed by atoms with Gasteiger partial charge in [-0.15, -0.1) is 0 Å². The summed E-state index contributed by atoms with van der Waals surface area (Å²) in [7, 11) is 0. The monoisotopic (exact) mass is 375 g/mol. The second kappa shape index (κ2) is 7.08. The Balaban J connectivity index is 1.78. The lowest BCUT2D eigenvalue weighted by Crippen LogP contribution is -2.49. The Morgan fingerprint density at radius 1 is 1.32 bits per heavy atom. The zero-order chi connectivity index (χ0) is 19.9. The van der Waals surface area contributed by atoms with Crippen LogP contribution in [0.1, 0.15) is 45.6 Å². The van der Waals surface area contributed by atoms with Gasteiger partial charge in [0.1, 0.15) is 5.82 Å². The molecule has 2 aromatic rings.